The van der Waals surface area contributed by atoms with Crippen molar-refractivity contribution in [2.45, 2.75) is 11.5 Å². The molecule has 156 valence electrons. The number of carbonyl (C=O) groups is 1. The quantitative estimate of drug-likeness (QED) is 0.531. The number of ether oxygens (including phenoxy) is 2. The minimum Gasteiger partial charge on any atom is -0.494 e. The molecule has 0 bridgehead atoms. The lowest BCUT2D eigenvalue weighted by molar-refractivity contribution is 0.0472. The van der Waals surface area contributed by atoms with Gasteiger partial charge in [0.25, 0.3) is 10.0 Å². The van der Waals surface area contributed by atoms with Crippen molar-refractivity contribution in [1.29, 1.82) is 0 Å². The van der Waals surface area contributed by atoms with Gasteiger partial charge in [0.05, 0.1) is 23.3 Å². The summed E-state index contributed by atoms with van der Waals surface area (Å²) >= 11 is 0. The van der Waals surface area contributed by atoms with Gasteiger partial charge in [0.15, 0.2) is 11.6 Å². The van der Waals surface area contributed by atoms with Gasteiger partial charge in [-0.05, 0) is 54.1 Å². The lowest BCUT2D eigenvalue weighted by Crippen LogP contribution is -2.26. The topological polar surface area (TPSA) is 72.9 Å². The number of benzene rings is 3. The molecule has 0 fully saturated rings. The molecule has 0 unspecified atom stereocenters. The largest absolute Gasteiger partial charge is 0.494 e. The maximum atomic E-state index is 13.7. The molecule has 0 aliphatic carbocycles. The van der Waals surface area contributed by atoms with Gasteiger partial charge in [-0.15, -0.1) is 0 Å². The summed E-state index contributed by atoms with van der Waals surface area (Å²) in [5.74, 6) is -1.10. The maximum Gasteiger partial charge on any atom is 0.338 e. The molecule has 30 heavy (non-hydrogen) atoms. The van der Waals surface area contributed by atoms with Gasteiger partial charge in [-0.1, -0.05) is 24.3 Å². The number of hydrogen-bond donors (Lipinski definition) is 0. The SMILES string of the molecule is COc1ccc(COC(=O)c2ccc(S(=O)(=O)N(C)c3ccccc3)cc2)cc1F. The molecular formula is C22H20FNO5S. The summed E-state index contributed by atoms with van der Waals surface area (Å²) in [5.41, 5.74) is 1.17. The first-order valence-corrected chi connectivity index (χ1v) is 10.4. The van der Waals surface area contributed by atoms with Crippen LogP contribution >= 0.6 is 0 Å². The van der Waals surface area contributed by atoms with Crippen molar-refractivity contribution in [1.82, 2.24) is 0 Å². The average molecular weight is 429 g/mol. The van der Waals surface area contributed by atoms with Crippen LogP contribution in [0.5, 0.6) is 5.75 Å². The minimum absolute atomic E-state index is 0.0441. The molecule has 0 atom stereocenters. The number of hydrogen-bond acceptors (Lipinski definition) is 5. The number of para-hydroxylation sites is 1. The fourth-order valence-electron chi connectivity index (χ4n) is 2.73. The smallest absolute Gasteiger partial charge is 0.338 e. The Hall–Kier alpha value is -3.39. The average Bonchev–Trinajstić information content (AvgIpc) is 2.77. The van der Waals surface area contributed by atoms with Gasteiger partial charge in [0.2, 0.25) is 0 Å². The number of carbonyl (C=O) groups excluding carboxylic acids is 1. The molecule has 0 amide bonds. The van der Waals surface area contributed by atoms with E-state index in [4.69, 9.17) is 9.47 Å². The normalized spacial score (nSPS) is 11.0. The van der Waals surface area contributed by atoms with E-state index in [-0.39, 0.29) is 22.8 Å². The second kappa shape index (κ2) is 8.96. The zero-order valence-corrected chi connectivity index (χ0v) is 17.2. The van der Waals surface area contributed by atoms with E-state index in [2.05, 4.69) is 0 Å². The Morgan fingerprint density at radius 2 is 1.67 bits per heavy atom. The molecule has 3 aromatic carbocycles. The Morgan fingerprint density at radius 3 is 2.27 bits per heavy atom. The molecule has 0 N–H and O–H groups in total. The van der Waals surface area contributed by atoms with Crippen LogP contribution < -0.4 is 9.04 Å². The van der Waals surface area contributed by atoms with Crippen LogP contribution in [0.25, 0.3) is 0 Å². The highest BCUT2D eigenvalue weighted by molar-refractivity contribution is 7.92. The fourth-order valence-corrected chi connectivity index (χ4v) is 3.93. The maximum absolute atomic E-state index is 13.7. The van der Waals surface area contributed by atoms with Crippen LogP contribution in [0.15, 0.2) is 77.7 Å². The van der Waals surface area contributed by atoms with E-state index < -0.39 is 21.8 Å². The molecule has 0 heterocycles. The number of nitrogens with zero attached hydrogens (tertiary/aromatic N) is 1. The number of methoxy groups -OCH3 is 1. The van der Waals surface area contributed by atoms with Crippen LogP contribution in [0, 0.1) is 5.82 Å². The van der Waals surface area contributed by atoms with Crippen molar-refractivity contribution in [2.75, 3.05) is 18.5 Å². The van der Waals surface area contributed by atoms with E-state index in [9.17, 15) is 17.6 Å². The van der Waals surface area contributed by atoms with Gasteiger partial charge >= 0.3 is 5.97 Å². The van der Waals surface area contributed by atoms with E-state index in [1.54, 1.807) is 36.4 Å². The third-order valence-corrected chi connectivity index (χ3v) is 6.25. The number of sulfonamides is 1. The van der Waals surface area contributed by atoms with Gasteiger partial charge in [0.1, 0.15) is 6.61 Å². The fraction of sp³-hybridized carbons (Fsp3) is 0.136. The third-order valence-electron chi connectivity index (χ3n) is 4.45. The first-order valence-electron chi connectivity index (χ1n) is 8.96. The van der Waals surface area contributed by atoms with E-state index in [1.165, 1.54) is 54.9 Å². The van der Waals surface area contributed by atoms with Crippen molar-refractivity contribution >= 4 is 21.7 Å². The van der Waals surface area contributed by atoms with Crippen LogP contribution in [0.4, 0.5) is 10.1 Å². The molecule has 0 saturated carbocycles. The number of rotatable bonds is 7. The predicted octanol–water partition coefficient (Wildman–Crippen LogP) is 4.02. The molecule has 0 aliphatic heterocycles. The molecule has 3 rings (SSSR count). The molecule has 3 aromatic rings. The number of anilines is 1. The molecule has 0 aliphatic rings. The predicted molar refractivity (Wildman–Crippen MR) is 111 cm³/mol. The van der Waals surface area contributed by atoms with Crippen molar-refractivity contribution in [2.24, 2.45) is 0 Å². The highest BCUT2D eigenvalue weighted by atomic mass is 32.2. The van der Waals surface area contributed by atoms with E-state index >= 15 is 0 Å². The molecule has 0 aromatic heterocycles. The summed E-state index contributed by atoms with van der Waals surface area (Å²) in [6.07, 6.45) is 0. The van der Waals surface area contributed by atoms with E-state index in [1.807, 2.05) is 0 Å². The van der Waals surface area contributed by atoms with E-state index in [0.717, 1.165) is 0 Å². The molecule has 0 radical (unpaired) electrons. The zero-order valence-electron chi connectivity index (χ0n) is 16.4. The Bertz CT molecular complexity index is 1130. The summed E-state index contributed by atoms with van der Waals surface area (Å²) in [7, 11) is -0.954. The Morgan fingerprint density at radius 1 is 1.00 bits per heavy atom. The van der Waals surface area contributed by atoms with Gasteiger partial charge in [-0.25, -0.2) is 17.6 Å². The first kappa shape index (κ1) is 21.3. The second-order valence-electron chi connectivity index (χ2n) is 6.38. The molecular weight excluding hydrogens is 409 g/mol. The van der Waals surface area contributed by atoms with Crippen LogP contribution in [0.2, 0.25) is 0 Å². The summed E-state index contributed by atoms with van der Waals surface area (Å²) in [4.78, 5) is 12.3. The lowest BCUT2D eigenvalue weighted by atomic mass is 10.2. The minimum atomic E-state index is -3.77. The Kier molecular flexibility index (Phi) is 6.37. The third kappa shape index (κ3) is 4.60. The molecule has 0 saturated heterocycles. The molecule has 8 heteroatoms. The first-order chi connectivity index (χ1) is 14.3. The molecule has 6 nitrogen and oxygen atoms in total. The monoisotopic (exact) mass is 429 g/mol. The van der Waals surface area contributed by atoms with Crippen molar-refractivity contribution < 1.29 is 27.1 Å². The standard InChI is InChI=1S/C22H20FNO5S/c1-24(18-6-4-3-5-7-18)30(26,27)19-11-9-17(10-12-19)22(25)29-15-16-8-13-21(28-2)20(23)14-16/h3-14H,15H2,1-2H3. The Balaban J connectivity index is 1.69. The van der Waals surface area contributed by atoms with Crippen molar-refractivity contribution in [3.05, 3.63) is 89.7 Å². The van der Waals surface area contributed by atoms with Crippen LogP contribution in [0.1, 0.15) is 15.9 Å². The van der Waals surface area contributed by atoms with Crippen LogP contribution in [0.3, 0.4) is 0 Å². The summed E-state index contributed by atoms with van der Waals surface area (Å²) in [5, 5.41) is 0. The van der Waals surface area contributed by atoms with Crippen LogP contribution in [-0.2, 0) is 21.4 Å². The van der Waals surface area contributed by atoms with Crippen molar-refractivity contribution in [3.8, 4) is 5.75 Å². The van der Waals surface area contributed by atoms with E-state index in [0.29, 0.717) is 11.3 Å². The highest BCUT2D eigenvalue weighted by Gasteiger charge is 2.21. The second-order valence-corrected chi connectivity index (χ2v) is 8.35. The number of esters is 1. The van der Waals surface area contributed by atoms with Gasteiger partial charge in [-0.2, -0.15) is 0 Å². The van der Waals surface area contributed by atoms with Gasteiger partial charge in [-0.3, -0.25) is 4.31 Å². The van der Waals surface area contributed by atoms with Crippen LogP contribution in [-0.4, -0.2) is 28.5 Å². The lowest BCUT2D eigenvalue weighted by Gasteiger charge is -2.19. The summed E-state index contributed by atoms with van der Waals surface area (Å²) in [6, 6.07) is 18.4. The Labute approximate surface area is 174 Å². The summed E-state index contributed by atoms with van der Waals surface area (Å²) in [6.45, 7) is -0.128. The van der Waals surface area contributed by atoms with Crippen molar-refractivity contribution in [3.63, 3.8) is 0 Å². The number of halogens is 1. The zero-order chi connectivity index (χ0) is 21.7. The van der Waals surface area contributed by atoms with Gasteiger partial charge in [0, 0.05) is 7.05 Å². The molecule has 0 spiro atoms. The van der Waals surface area contributed by atoms with Gasteiger partial charge < -0.3 is 9.47 Å². The highest BCUT2D eigenvalue weighted by Crippen LogP contribution is 2.22. The summed E-state index contributed by atoms with van der Waals surface area (Å²) < 4.78 is 50.4.